The molecule has 0 aliphatic heterocycles. The van der Waals surface area contributed by atoms with Crippen LogP contribution in [0.5, 0.6) is 0 Å². The Balaban J connectivity index is 1.81. The second-order valence-corrected chi connectivity index (χ2v) is 5.69. The monoisotopic (exact) mass is 347 g/mol. The van der Waals surface area contributed by atoms with Gasteiger partial charge in [0.25, 0.3) is 5.56 Å². The van der Waals surface area contributed by atoms with Gasteiger partial charge in [0, 0.05) is 25.3 Å². The molecule has 1 aromatic rings. The highest BCUT2D eigenvalue weighted by atomic mass is 127. The maximum atomic E-state index is 11.7. The van der Waals surface area contributed by atoms with Crippen molar-refractivity contribution in [1.29, 1.82) is 0 Å². The van der Waals surface area contributed by atoms with E-state index in [4.69, 9.17) is 0 Å². The van der Waals surface area contributed by atoms with E-state index in [1.165, 1.54) is 32.1 Å². The van der Waals surface area contributed by atoms with E-state index < -0.39 is 0 Å². The molecule has 0 radical (unpaired) electrons. The highest BCUT2D eigenvalue weighted by Gasteiger charge is 2.12. The van der Waals surface area contributed by atoms with Gasteiger partial charge < -0.3 is 5.32 Å². The van der Waals surface area contributed by atoms with E-state index in [0.29, 0.717) is 16.2 Å². The molecule has 1 aliphatic rings. The third kappa shape index (κ3) is 3.77. The Kier molecular flexibility index (Phi) is 4.97. The molecule has 94 valence electrons. The lowest BCUT2D eigenvalue weighted by molar-refractivity contribution is 0.366. The normalized spacial score (nSPS) is 17.2. The smallest absolute Gasteiger partial charge is 0.266 e. The molecule has 1 saturated carbocycles. The van der Waals surface area contributed by atoms with E-state index in [0.717, 1.165) is 6.54 Å². The highest BCUT2D eigenvalue weighted by Crippen LogP contribution is 2.16. The van der Waals surface area contributed by atoms with Crippen molar-refractivity contribution in [2.75, 3.05) is 6.54 Å². The lowest BCUT2D eigenvalue weighted by atomic mass is 9.95. The van der Waals surface area contributed by atoms with Gasteiger partial charge in [-0.05, 0) is 35.4 Å². The summed E-state index contributed by atoms with van der Waals surface area (Å²) in [5.41, 5.74) is 0.0612. The van der Waals surface area contributed by atoms with Crippen molar-refractivity contribution in [3.05, 3.63) is 26.4 Å². The lowest BCUT2D eigenvalue weighted by Gasteiger charge is -2.22. The van der Waals surface area contributed by atoms with Crippen LogP contribution in [0.2, 0.25) is 0 Å². The van der Waals surface area contributed by atoms with Crippen LogP contribution in [0.3, 0.4) is 0 Å². The van der Waals surface area contributed by atoms with Gasteiger partial charge in [-0.3, -0.25) is 9.36 Å². The van der Waals surface area contributed by atoms with Crippen LogP contribution >= 0.6 is 22.6 Å². The van der Waals surface area contributed by atoms with Crippen molar-refractivity contribution in [1.82, 2.24) is 14.9 Å². The molecule has 0 saturated heterocycles. The van der Waals surface area contributed by atoms with Gasteiger partial charge in [0.05, 0.1) is 9.90 Å². The van der Waals surface area contributed by atoms with Gasteiger partial charge in [0.1, 0.15) is 0 Å². The molecule has 17 heavy (non-hydrogen) atoms. The van der Waals surface area contributed by atoms with E-state index in [2.05, 4.69) is 10.3 Å². The SMILES string of the molecule is O=c1c(I)cncn1CCNC1CCCCC1. The van der Waals surface area contributed by atoms with Crippen molar-refractivity contribution in [2.24, 2.45) is 0 Å². The minimum atomic E-state index is 0.0612. The Hall–Kier alpha value is -0.430. The van der Waals surface area contributed by atoms with Crippen molar-refractivity contribution in [2.45, 2.75) is 44.7 Å². The minimum absolute atomic E-state index is 0.0612. The molecule has 1 heterocycles. The van der Waals surface area contributed by atoms with Crippen LogP contribution in [0.4, 0.5) is 0 Å². The summed E-state index contributed by atoms with van der Waals surface area (Å²) in [6, 6.07) is 0.648. The van der Waals surface area contributed by atoms with Crippen LogP contribution in [0, 0.1) is 3.57 Å². The molecular formula is C12H18IN3O. The number of nitrogens with one attached hydrogen (secondary N) is 1. The molecule has 1 fully saturated rings. The molecule has 0 unspecified atom stereocenters. The number of nitrogens with zero attached hydrogens (tertiary/aromatic N) is 2. The first-order valence-electron chi connectivity index (χ1n) is 6.20. The number of rotatable bonds is 4. The Morgan fingerprint density at radius 3 is 2.94 bits per heavy atom. The Morgan fingerprint density at radius 2 is 2.18 bits per heavy atom. The summed E-state index contributed by atoms with van der Waals surface area (Å²) in [6.45, 7) is 1.56. The van der Waals surface area contributed by atoms with E-state index in [1.807, 2.05) is 22.6 Å². The zero-order valence-electron chi connectivity index (χ0n) is 9.86. The summed E-state index contributed by atoms with van der Waals surface area (Å²) in [4.78, 5) is 15.8. The molecule has 1 N–H and O–H groups in total. The molecule has 5 heteroatoms. The molecule has 0 aromatic carbocycles. The van der Waals surface area contributed by atoms with Crippen LogP contribution in [0.1, 0.15) is 32.1 Å². The maximum Gasteiger partial charge on any atom is 0.266 e. The molecule has 1 aliphatic carbocycles. The van der Waals surface area contributed by atoms with E-state index in [9.17, 15) is 4.79 Å². The number of halogens is 1. The predicted octanol–water partition coefficient (Wildman–Crippen LogP) is 1.77. The van der Waals surface area contributed by atoms with Crippen molar-refractivity contribution in [3.8, 4) is 0 Å². The predicted molar refractivity (Wildman–Crippen MR) is 76.1 cm³/mol. The van der Waals surface area contributed by atoms with Crippen LogP contribution in [0.15, 0.2) is 17.3 Å². The van der Waals surface area contributed by atoms with Gasteiger partial charge in [0.2, 0.25) is 0 Å². The van der Waals surface area contributed by atoms with Gasteiger partial charge in [-0.1, -0.05) is 19.3 Å². The molecular weight excluding hydrogens is 329 g/mol. The molecule has 0 atom stereocenters. The average molecular weight is 347 g/mol. The fraction of sp³-hybridized carbons (Fsp3) is 0.667. The van der Waals surface area contributed by atoms with Gasteiger partial charge in [-0.2, -0.15) is 0 Å². The molecule has 0 amide bonds. The number of aromatic nitrogens is 2. The largest absolute Gasteiger partial charge is 0.312 e. The van der Waals surface area contributed by atoms with Crippen LogP contribution in [-0.2, 0) is 6.54 Å². The van der Waals surface area contributed by atoms with Crippen molar-refractivity contribution < 1.29 is 0 Å². The summed E-state index contributed by atoms with van der Waals surface area (Å²) in [6.07, 6.45) is 9.82. The summed E-state index contributed by atoms with van der Waals surface area (Å²) in [5, 5.41) is 3.53. The third-order valence-electron chi connectivity index (χ3n) is 3.25. The van der Waals surface area contributed by atoms with Crippen molar-refractivity contribution in [3.63, 3.8) is 0 Å². The zero-order chi connectivity index (χ0) is 12.1. The topological polar surface area (TPSA) is 46.9 Å². The van der Waals surface area contributed by atoms with Gasteiger partial charge in [-0.15, -0.1) is 0 Å². The van der Waals surface area contributed by atoms with E-state index >= 15 is 0 Å². The molecule has 4 nitrogen and oxygen atoms in total. The Morgan fingerprint density at radius 1 is 1.41 bits per heavy atom. The second kappa shape index (κ2) is 6.49. The molecule has 0 bridgehead atoms. The fourth-order valence-electron chi connectivity index (χ4n) is 2.28. The number of hydrogen-bond acceptors (Lipinski definition) is 3. The average Bonchev–Trinajstić information content (AvgIpc) is 2.36. The Bertz CT molecular complexity index is 412. The second-order valence-electron chi connectivity index (χ2n) is 4.53. The van der Waals surface area contributed by atoms with E-state index in [1.54, 1.807) is 17.1 Å². The fourth-order valence-corrected chi connectivity index (χ4v) is 2.75. The van der Waals surface area contributed by atoms with Gasteiger partial charge >= 0.3 is 0 Å². The molecule has 0 spiro atoms. The van der Waals surface area contributed by atoms with Gasteiger partial charge in [-0.25, -0.2) is 4.98 Å². The highest BCUT2D eigenvalue weighted by molar-refractivity contribution is 14.1. The first-order chi connectivity index (χ1) is 8.27. The quantitative estimate of drug-likeness (QED) is 0.845. The standard InChI is InChI=1S/C12H18IN3O/c13-11-8-14-9-16(12(11)17)7-6-15-10-4-2-1-3-5-10/h8-10,15H,1-7H2. The molecule has 1 aromatic heterocycles. The van der Waals surface area contributed by atoms with Crippen LogP contribution in [0.25, 0.3) is 0 Å². The minimum Gasteiger partial charge on any atom is -0.312 e. The first kappa shape index (κ1) is 13.0. The summed E-state index contributed by atoms with van der Waals surface area (Å²) in [7, 11) is 0. The Labute approximate surface area is 115 Å². The van der Waals surface area contributed by atoms with Crippen LogP contribution < -0.4 is 10.9 Å². The number of hydrogen-bond donors (Lipinski definition) is 1. The van der Waals surface area contributed by atoms with Crippen LogP contribution in [-0.4, -0.2) is 22.1 Å². The van der Waals surface area contributed by atoms with E-state index in [-0.39, 0.29) is 5.56 Å². The summed E-state index contributed by atoms with van der Waals surface area (Å²) in [5.74, 6) is 0. The third-order valence-corrected chi connectivity index (χ3v) is 3.99. The van der Waals surface area contributed by atoms with Crippen molar-refractivity contribution >= 4 is 22.6 Å². The first-order valence-corrected chi connectivity index (χ1v) is 7.28. The lowest BCUT2D eigenvalue weighted by Crippen LogP contribution is -2.35. The van der Waals surface area contributed by atoms with Gasteiger partial charge in [0.15, 0.2) is 0 Å². The summed E-state index contributed by atoms with van der Waals surface area (Å²) < 4.78 is 2.36. The maximum absolute atomic E-state index is 11.7. The molecule has 2 rings (SSSR count). The summed E-state index contributed by atoms with van der Waals surface area (Å²) >= 11 is 2.03. The zero-order valence-corrected chi connectivity index (χ0v) is 12.0.